The maximum atomic E-state index is 4.09. The number of nitrogens with one attached hydrogen (secondary N) is 1. The summed E-state index contributed by atoms with van der Waals surface area (Å²) < 4.78 is 0. The van der Waals surface area contributed by atoms with E-state index in [1.54, 1.807) is 0 Å². The van der Waals surface area contributed by atoms with Crippen LogP contribution in [0, 0.1) is 0 Å². The zero-order chi connectivity index (χ0) is 11.1. The molecule has 0 atom stereocenters. The molecule has 0 fully saturated rings. The molecular formula is C13H23N. The van der Waals surface area contributed by atoms with Crippen LogP contribution in [0.15, 0.2) is 35.6 Å². The zero-order valence-electron chi connectivity index (χ0n) is 10.0. The van der Waals surface area contributed by atoms with Gasteiger partial charge in [0.2, 0.25) is 0 Å². The fourth-order valence-electron chi connectivity index (χ4n) is 1.53. The molecule has 1 nitrogen and oxygen atoms in total. The highest BCUT2D eigenvalue weighted by molar-refractivity contribution is 5.44. The molecule has 1 N–H and O–H groups in total. The Morgan fingerprint density at radius 2 is 1.79 bits per heavy atom. The third-order valence-electron chi connectivity index (χ3n) is 2.40. The highest BCUT2D eigenvalue weighted by Gasteiger charge is 2.07. The van der Waals surface area contributed by atoms with E-state index in [0.29, 0.717) is 0 Å². The minimum atomic E-state index is 1.03. The third-order valence-corrected chi connectivity index (χ3v) is 2.40. The topological polar surface area (TPSA) is 12.0 Å². The Kier molecular flexibility index (Phi) is 6.02. The van der Waals surface area contributed by atoms with Gasteiger partial charge >= 0.3 is 0 Å². The summed E-state index contributed by atoms with van der Waals surface area (Å²) in [7, 11) is 1.97. The molecule has 0 rings (SSSR count). The second kappa shape index (κ2) is 6.47. The lowest BCUT2D eigenvalue weighted by Gasteiger charge is -2.16. The van der Waals surface area contributed by atoms with E-state index in [9.17, 15) is 0 Å². The number of rotatable bonds is 6. The molecule has 0 bridgehead atoms. The Balaban J connectivity index is 4.99. The second-order valence-corrected chi connectivity index (χ2v) is 3.57. The summed E-state index contributed by atoms with van der Waals surface area (Å²) in [4.78, 5) is 0. The molecule has 0 aromatic heterocycles. The van der Waals surface area contributed by atoms with Crippen LogP contribution in [-0.2, 0) is 0 Å². The van der Waals surface area contributed by atoms with Crippen molar-refractivity contribution >= 4 is 0 Å². The van der Waals surface area contributed by atoms with Gasteiger partial charge < -0.3 is 5.32 Å². The lowest BCUT2D eigenvalue weighted by atomic mass is 9.95. The summed E-state index contributed by atoms with van der Waals surface area (Å²) >= 11 is 0. The van der Waals surface area contributed by atoms with Crippen molar-refractivity contribution in [3.63, 3.8) is 0 Å². The number of hydrogen-bond acceptors (Lipinski definition) is 1. The van der Waals surface area contributed by atoms with Crippen molar-refractivity contribution in [1.29, 1.82) is 0 Å². The molecule has 0 radical (unpaired) electrons. The van der Waals surface area contributed by atoms with Crippen LogP contribution < -0.4 is 5.32 Å². The number of allylic oxidation sites excluding steroid dienone is 4. The van der Waals surface area contributed by atoms with E-state index in [1.807, 2.05) is 14.0 Å². The molecule has 0 unspecified atom stereocenters. The van der Waals surface area contributed by atoms with E-state index in [4.69, 9.17) is 0 Å². The molecule has 1 heteroatoms. The van der Waals surface area contributed by atoms with E-state index in [1.165, 1.54) is 11.3 Å². The van der Waals surface area contributed by atoms with Crippen molar-refractivity contribution in [2.45, 2.75) is 40.0 Å². The van der Waals surface area contributed by atoms with Crippen LogP contribution in [0.3, 0.4) is 0 Å². The summed E-state index contributed by atoms with van der Waals surface area (Å²) in [6, 6.07) is 0. The third kappa shape index (κ3) is 3.41. The fourth-order valence-corrected chi connectivity index (χ4v) is 1.53. The molecule has 0 saturated heterocycles. The lowest BCUT2D eigenvalue weighted by molar-refractivity contribution is 0.822. The molecule has 80 valence electrons. The van der Waals surface area contributed by atoms with E-state index in [-0.39, 0.29) is 0 Å². The standard InChI is InChI=1S/C13H23N/c1-7-9-12(11(5)10(3)4)13(8-2)14-6/h14H,3,5,7-9H2,1-2,4,6H3/b13-12-. The first kappa shape index (κ1) is 13.0. The Labute approximate surface area is 88.6 Å². The SMILES string of the molecule is C=C(C)C(=C)/C(CCC)=C(/CC)NC. The summed E-state index contributed by atoms with van der Waals surface area (Å²) in [6.07, 6.45) is 3.25. The van der Waals surface area contributed by atoms with Gasteiger partial charge in [-0.05, 0) is 30.9 Å². The summed E-state index contributed by atoms with van der Waals surface area (Å²) in [5, 5.41) is 3.25. The molecule has 0 heterocycles. The van der Waals surface area contributed by atoms with Crippen LogP contribution >= 0.6 is 0 Å². The summed E-state index contributed by atoms with van der Waals surface area (Å²) in [5.41, 5.74) is 4.79. The summed E-state index contributed by atoms with van der Waals surface area (Å²) in [6.45, 7) is 14.4. The molecule has 0 aromatic rings. The first-order valence-electron chi connectivity index (χ1n) is 5.33. The highest BCUT2D eigenvalue weighted by Crippen LogP contribution is 2.24. The normalized spacial score (nSPS) is 12.0. The van der Waals surface area contributed by atoms with Gasteiger partial charge in [-0.3, -0.25) is 0 Å². The maximum absolute atomic E-state index is 4.09. The van der Waals surface area contributed by atoms with Crippen LogP contribution in [-0.4, -0.2) is 7.05 Å². The molecule has 0 spiro atoms. The van der Waals surface area contributed by atoms with Crippen molar-refractivity contribution < 1.29 is 0 Å². The van der Waals surface area contributed by atoms with E-state index < -0.39 is 0 Å². The lowest BCUT2D eigenvalue weighted by Crippen LogP contribution is -2.10. The van der Waals surface area contributed by atoms with E-state index in [0.717, 1.165) is 30.4 Å². The van der Waals surface area contributed by atoms with Gasteiger partial charge in [-0.25, -0.2) is 0 Å². The van der Waals surface area contributed by atoms with Crippen molar-refractivity contribution in [3.8, 4) is 0 Å². The Bertz CT molecular complexity index is 240. The predicted molar refractivity (Wildman–Crippen MR) is 65.2 cm³/mol. The van der Waals surface area contributed by atoms with Crippen LogP contribution in [0.1, 0.15) is 40.0 Å². The molecule has 0 aliphatic heterocycles. The Morgan fingerprint density at radius 3 is 2.07 bits per heavy atom. The molecule has 0 amide bonds. The minimum Gasteiger partial charge on any atom is -0.391 e. The van der Waals surface area contributed by atoms with Crippen LogP contribution in [0.25, 0.3) is 0 Å². The van der Waals surface area contributed by atoms with E-state index in [2.05, 4.69) is 32.3 Å². The second-order valence-electron chi connectivity index (χ2n) is 3.57. The summed E-state index contributed by atoms with van der Waals surface area (Å²) in [5.74, 6) is 0. The zero-order valence-corrected chi connectivity index (χ0v) is 10.0. The predicted octanol–water partition coefficient (Wildman–Crippen LogP) is 3.80. The maximum Gasteiger partial charge on any atom is 0.0140 e. The molecule has 0 aliphatic rings. The van der Waals surface area contributed by atoms with Gasteiger partial charge in [-0.2, -0.15) is 0 Å². The van der Waals surface area contributed by atoms with E-state index >= 15 is 0 Å². The minimum absolute atomic E-state index is 1.03. The average molecular weight is 193 g/mol. The molecule has 14 heavy (non-hydrogen) atoms. The van der Waals surface area contributed by atoms with Crippen molar-refractivity contribution in [2.24, 2.45) is 0 Å². The smallest absolute Gasteiger partial charge is 0.0140 e. The van der Waals surface area contributed by atoms with Gasteiger partial charge in [0, 0.05) is 12.7 Å². The largest absolute Gasteiger partial charge is 0.391 e. The first-order valence-corrected chi connectivity index (χ1v) is 5.33. The average Bonchev–Trinajstić information content (AvgIpc) is 2.17. The van der Waals surface area contributed by atoms with Crippen LogP contribution in [0.2, 0.25) is 0 Å². The van der Waals surface area contributed by atoms with Gasteiger partial charge in [-0.1, -0.05) is 39.0 Å². The quantitative estimate of drug-likeness (QED) is 0.633. The van der Waals surface area contributed by atoms with Gasteiger partial charge in [0.25, 0.3) is 0 Å². The van der Waals surface area contributed by atoms with Gasteiger partial charge in [-0.15, -0.1) is 0 Å². The van der Waals surface area contributed by atoms with Crippen LogP contribution in [0.5, 0.6) is 0 Å². The molecule has 0 aliphatic carbocycles. The first-order chi connectivity index (χ1) is 6.58. The Morgan fingerprint density at radius 1 is 1.21 bits per heavy atom. The van der Waals surface area contributed by atoms with Gasteiger partial charge in [0.1, 0.15) is 0 Å². The number of hydrogen-bond donors (Lipinski definition) is 1. The molecule has 0 aromatic carbocycles. The van der Waals surface area contributed by atoms with Gasteiger partial charge in [0.05, 0.1) is 0 Å². The molecule has 0 saturated carbocycles. The highest BCUT2D eigenvalue weighted by atomic mass is 14.8. The van der Waals surface area contributed by atoms with Crippen LogP contribution in [0.4, 0.5) is 0 Å². The van der Waals surface area contributed by atoms with Crippen molar-refractivity contribution in [3.05, 3.63) is 35.6 Å². The van der Waals surface area contributed by atoms with Crippen molar-refractivity contribution in [2.75, 3.05) is 7.05 Å². The Hall–Kier alpha value is -0.980. The fraction of sp³-hybridized carbons (Fsp3) is 0.538. The monoisotopic (exact) mass is 193 g/mol. The molecular weight excluding hydrogens is 170 g/mol. The van der Waals surface area contributed by atoms with Crippen molar-refractivity contribution in [1.82, 2.24) is 5.32 Å². The van der Waals surface area contributed by atoms with Gasteiger partial charge in [0.15, 0.2) is 0 Å².